The molecule has 110 valence electrons. The molecule has 0 saturated carbocycles. The van der Waals surface area contributed by atoms with Gasteiger partial charge in [-0.1, -0.05) is 0 Å². The summed E-state index contributed by atoms with van der Waals surface area (Å²) in [5.41, 5.74) is 0.125. The highest BCUT2D eigenvalue weighted by atomic mass is 16.5. The maximum absolute atomic E-state index is 9.06. The summed E-state index contributed by atoms with van der Waals surface area (Å²) in [6.45, 7) is 5.73. The molecular weight excluding hydrogens is 270 g/mol. The molecule has 0 spiro atoms. The van der Waals surface area contributed by atoms with Crippen molar-refractivity contribution in [3.63, 3.8) is 0 Å². The molecule has 0 atom stereocenters. The third-order valence-corrected chi connectivity index (χ3v) is 2.67. The molecule has 0 aliphatic heterocycles. The van der Waals surface area contributed by atoms with Crippen molar-refractivity contribution in [1.82, 2.24) is 9.97 Å². The average molecular weight is 287 g/mol. The molecule has 0 bridgehead atoms. The Morgan fingerprint density at radius 1 is 1.05 bits per heavy atom. The first-order valence-corrected chi connectivity index (χ1v) is 6.41. The van der Waals surface area contributed by atoms with E-state index in [-0.39, 0.29) is 5.82 Å². The van der Waals surface area contributed by atoms with Gasteiger partial charge < -0.3 is 14.2 Å². The fourth-order valence-corrected chi connectivity index (χ4v) is 1.85. The number of nitrogens with zero attached hydrogens (tertiary/aromatic N) is 3. The second-order valence-electron chi connectivity index (χ2n) is 5.40. The van der Waals surface area contributed by atoms with Crippen LogP contribution in [0.15, 0.2) is 12.1 Å². The van der Waals surface area contributed by atoms with E-state index in [9.17, 15) is 0 Å². The molecule has 0 aliphatic rings. The fourth-order valence-electron chi connectivity index (χ4n) is 1.85. The molecule has 1 aromatic heterocycles. The van der Waals surface area contributed by atoms with E-state index in [0.29, 0.717) is 28.3 Å². The zero-order valence-corrected chi connectivity index (χ0v) is 12.7. The number of benzene rings is 1. The van der Waals surface area contributed by atoms with Gasteiger partial charge in [-0.2, -0.15) is 10.2 Å². The molecule has 1 aromatic carbocycles. The fraction of sp³-hybridized carbons (Fsp3) is 0.400. The molecule has 6 heteroatoms. The Labute approximate surface area is 123 Å². The molecule has 2 aromatic rings. The smallest absolute Gasteiger partial charge is 0.236 e. The van der Waals surface area contributed by atoms with Crippen molar-refractivity contribution in [3.8, 4) is 23.4 Å². The number of aromatic nitrogens is 2. The molecule has 6 nitrogen and oxygen atoms in total. The first-order valence-electron chi connectivity index (χ1n) is 6.41. The molecule has 0 N–H and O–H groups in total. The van der Waals surface area contributed by atoms with E-state index in [1.54, 1.807) is 26.4 Å². The van der Waals surface area contributed by atoms with Crippen LogP contribution in [0.4, 0.5) is 0 Å². The third kappa shape index (κ3) is 3.14. The van der Waals surface area contributed by atoms with Crippen molar-refractivity contribution in [2.45, 2.75) is 26.4 Å². The molecule has 2 rings (SSSR count). The van der Waals surface area contributed by atoms with Gasteiger partial charge in [0.05, 0.1) is 25.1 Å². The Hall–Kier alpha value is -2.55. The quantitative estimate of drug-likeness (QED) is 0.863. The maximum Gasteiger partial charge on any atom is 0.236 e. The largest absolute Gasteiger partial charge is 0.493 e. The van der Waals surface area contributed by atoms with Crippen LogP contribution in [0.5, 0.6) is 17.4 Å². The Balaban J connectivity index is 2.73. The summed E-state index contributed by atoms with van der Waals surface area (Å²) in [5, 5.41) is 9.73. The van der Waals surface area contributed by atoms with Gasteiger partial charge in [-0.3, -0.25) is 0 Å². The molecular formula is C15H17N3O3. The van der Waals surface area contributed by atoms with Gasteiger partial charge in [-0.25, -0.2) is 4.98 Å². The lowest BCUT2D eigenvalue weighted by Gasteiger charge is -2.21. The molecule has 0 unspecified atom stereocenters. The minimum absolute atomic E-state index is 0.0500. The number of hydrogen-bond acceptors (Lipinski definition) is 6. The molecule has 0 amide bonds. The van der Waals surface area contributed by atoms with Gasteiger partial charge in [0.1, 0.15) is 11.7 Å². The van der Waals surface area contributed by atoms with E-state index in [0.717, 1.165) is 0 Å². The number of hydrogen-bond donors (Lipinski definition) is 0. The van der Waals surface area contributed by atoms with Crippen molar-refractivity contribution in [1.29, 1.82) is 5.26 Å². The van der Waals surface area contributed by atoms with Gasteiger partial charge in [-0.05, 0) is 26.8 Å². The first kappa shape index (κ1) is 14.9. The summed E-state index contributed by atoms with van der Waals surface area (Å²) in [4.78, 5) is 8.33. The van der Waals surface area contributed by atoms with Gasteiger partial charge in [-0.15, -0.1) is 0 Å². The molecule has 0 fully saturated rings. The normalized spacial score (nSPS) is 11.0. The summed E-state index contributed by atoms with van der Waals surface area (Å²) in [6, 6.07) is 5.38. The average Bonchev–Trinajstić information content (AvgIpc) is 2.43. The van der Waals surface area contributed by atoms with Crippen LogP contribution >= 0.6 is 0 Å². The number of ether oxygens (including phenoxy) is 3. The second-order valence-corrected chi connectivity index (χ2v) is 5.40. The van der Waals surface area contributed by atoms with Crippen molar-refractivity contribution in [3.05, 3.63) is 18.0 Å². The van der Waals surface area contributed by atoms with Crippen LogP contribution in [0.1, 0.15) is 26.6 Å². The monoisotopic (exact) mass is 287 g/mol. The highest BCUT2D eigenvalue weighted by molar-refractivity contribution is 5.87. The Kier molecular flexibility index (Phi) is 3.85. The Bertz CT molecular complexity index is 715. The number of nitriles is 1. The summed E-state index contributed by atoms with van der Waals surface area (Å²) in [5.74, 6) is 1.49. The summed E-state index contributed by atoms with van der Waals surface area (Å²) < 4.78 is 16.4. The summed E-state index contributed by atoms with van der Waals surface area (Å²) in [7, 11) is 3.10. The standard InChI is InChI=1S/C15H17N3O3/c1-15(2,3)21-14-9-6-11(19-4)12(20-5)7-10(9)17-13(8-16)18-14/h6-7H,1-5H3. The van der Waals surface area contributed by atoms with Crippen LogP contribution in [0.2, 0.25) is 0 Å². The van der Waals surface area contributed by atoms with Gasteiger partial charge in [0.2, 0.25) is 11.7 Å². The van der Waals surface area contributed by atoms with Crippen LogP contribution in [0.3, 0.4) is 0 Å². The third-order valence-electron chi connectivity index (χ3n) is 2.67. The van der Waals surface area contributed by atoms with E-state index in [2.05, 4.69) is 9.97 Å². The molecule has 0 saturated heterocycles. The van der Waals surface area contributed by atoms with Gasteiger partial charge in [0.25, 0.3) is 0 Å². The van der Waals surface area contributed by atoms with E-state index in [1.165, 1.54) is 0 Å². The molecule has 0 aliphatic carbocycles. The summed E-state index contributed by atoms with van der Waals surface area (Å²) in [6.07, 6.45) is 0. The van der Waals surface area contributed by atoms with Crippen LogP contribution in [0, 0.1) is 11.3 Å². The maximum atomic E-state index is 9.06. The lowest BCUT2D eigenvalue weighted by atomic mass is 10.1. The molecule has 1 heterocycles. The van der Waals surface area contributed by atoms with Gasteiger partial charge >= 0.3 is 0 Å². The van der Waals surface area contributed by atoms with E-state index < -0.39 is 5.60 Å². The molecule has 0 radical (unpaired) electrons. The second kappa shape index (κ2) is 5.44. The van der Waals surface area contributed by atoms with Crippen molar-refractivity contribution < 1.29 is 14.2 Å². The van der Waals surface area contributed by atoms with Crippen LogP contribution in [-0.4, -0.2) is 29.8 Å². The predicted octanol–water partition coefficient (Wildman–Crippen LogP) is 2.70. The Morgan fingerprint density at radius 3 is 2.19 bits per heavy atom. The lowest BCUT2D eigenvalue weighted by molar-refractivity contribution is 0.126. The van der Waals surface area contributed by atoms with Crippen molar-refractivity contribution in [2.75, 3.05) is 14.2 Å². The number of rotatable bonds is 3. The molecule has 21 heavy (non-hydrogen) atoms. The van der Waals surface area contributed by atoms with Crippen molar-refractivity contribution in [2.24, 2.45) is 0 Å². The highest BCUT2D eigenvalue weighted by Crippen LogP contribution is 2.35. The zero-order chi connectivity index (χ0) is 15.6. The first-order chi connectivity index (χ1) is 9.87. The number of fused-ring (bicyclic) bond motifs is 1. The van der Waals surface area contributed by atoms with Crippen LogP contribution < -0.4 is 14.2 Å². The number of methoxy groups -OCH3 is 2. The van der Waals surface area contributed by atoms with Crippen LogP contribution in [-0.2, 0) is 0 Å². The predicted molar refractivity (Wildman–Crippen MR) is 77.7 cm³/mol. The SMILES string of the molecule is COc1cc2nc(C#N)nc(OC(C)(C)C)c2cc1OC. The van der Waals surface area contributed by atoms with Crippen molar-refractivity contribution >= 4 is 10.9 Å². The van der Waals surface area contributed by atoms with Gasteiger partial charge in [0.15, 0.2) is 11.5 Å². The summed E-state index contributed by atoms with van der Waals surface area (Å²) >= 11 is 0. The minimum Gasteiger partial charge on any atom is -0.493 e. The van der Waals surface area contributed by atoms with E-state index >= 15 is 0 Å². The zero-order valence-electron chi connectivity index (χ0n) is 12.7. The Morgan fingerprint density at radius 2 is 1.67 bits per heavy atom. The lowest BCUT2D eigenvalue weighted by Crippen LogP contribution is -2.24. The van der Waals surface area contributed by atoms with E-state index in [4.69, 9.17) is 19.5 Å². The highest BCUT2D eigenvalue weighted by Gasteiger charge is 2.19. The van der Waals surface area contributed by atoms with E-state index in [1.807, 2.05) is 26.8 Å². The topological polar surface area (TPSA) is 77.3 Å². The van der Waals surface area contributed by atoms with Gasteiger partial charge in [0, 0.05) is 6.07 Å². The van der Waals surface area contributed by atoms with Crippen LogP contribution in [0.25, 0.3) is 10.9 Å². The minimum atomic E-state index is -0.443.